The Labute approximate surface area is 156 Å². The molecule has 1 heterocycles. The van der Waals surface area contributed by atoms with Crippen LogP contribution in [0.25, 0.3) is 0 Å². The molecule has 0 aliphatic rings. The van der Waals surface area contributed by atoms with Gasteiger partial charge in [-0.05, 0) is 31.4 Å². The van der Waals surface area contributed by atoms with Gasteiger partial charge in [0.25, 0.3) is 0 Å². The lowest BCUT2D eigenvalue weighted by molar-refractivity contribution is 0.799. The molecule has 2 aromatic rings. The molecule has 4 N–H and O–H groups in total. The Balaban J connectivity index is 2.13. The molecule has 0 fully saturated rings. The fourth-order valence-corrected chi connectivity index (χ4v) is 2.52. The summed E-state index contributed by atoms with van der Waals surface area (Å²) in [6.45, 7) is 10.1. The molecule has 0 amide bonds. The fraction of sp³-hybridized carbons (Fsp3) is 0.526. The van der Waals surface area contributed by atoms with Gasteiger partial charge in [0.2, 0.25) is 17.8 Å². The van der Waals surface area contributed by atoms with Crippen molar-refractivity contribution in [3.8, 4) is 0 Å². The Kier molecular flexibility index (Phi) is 8.08. The van der Waals surface area contributed by atoms with Crippen LogP contribution in [0.3, 0.4) is 0 Å². The zero-order valence-corrected chi connectivity index (χ0v) is 16.1. The number of aromatic nitrogens is 3. The quantitative estimate of drug-likeness (QED) is 0.532. The van der Waals surface area contributed by atoms with Crippen LogP contribution in [0.1, 0.15) is 44.7 Å². The summed E-state index contributed by atoms with van der Waals surface area (Å²) in [5.41, 5.74) is 7.93. The molecule has 1 aromatic carbocycles. The zero-order chi connectivity index (χ0) is 18.8. The topological polar surface area (TPSA) is 92.0 Å². The van der Waals surface area contributed by atoms with Gasteiger partial charge in [-0.25, -0.2) is 0 Å². The first kappa shape index (κ1) is 19.9. The van der Waals surface area contributed by atoms with Crippen LogP contribution in [0.4, 0.5) is 17.8 Å². The molecule has 0 radical (unpaired) electrons. The van der Waals surface area contributed by atoms with Crippen molar-refractivity contribution in [2.45, 2.75) is 46.7 Å². The standard InChI is InChI=1S/C19H31N7/c1-4-7-12-21-17-23-18(25-19(24-17)26(5-2)6-3)22-14-16-10-8-15(13-20)9-11-16/h8-11H,4-7,12-14,20H2,1-3H3,(H2,21,22,23,24,25). The van der Waals surface area contributed by atoms with Crippen molar-refractivity contribution in [2.75, 3.05) is 35.2 Å². The van der Waals surface area contributed by atoms with E-state index in [1.54, 1.807) is 0 Å². The summed E-state index contributed by atoms with van der Waals surface area (Å²) in [5.74, 6) is 1.91. The molecular formula is C19H31N7. The van der Waals surface area contributed by atoms with Gasteiger partial charge in [0.15, 0.2) is 0 Å². The van der Waals surface area contributed by atoms with Crippen LogP contribution in [-0.2, 0) is 13.1 Å². The third-order valence-electron chi connectivity index (χ3n) is 4.19. The number of benzene rings is 1. The summed E-state index contributed by atoms with van der Waals surface area (Å²) in [7, 11) is 0. The lowest BCUT2D eigenvalue weighted by Crippen LogP contribution is -2.25. The minimum absolute atomic E-state index is 0.557. The Morgan fingerprint density at radius 1 is 0.885 bits per heavy atom. The van der Waals surface area contributed by atoms with Gasteiger partial charge in [-0.15, -0.1) is 0 Å². The molecule has 0 saturated carbocycles. The van der Waals surface area contributed by atoms with Gasteiger partial charge in [0.05, 0.1) is 0 Å². The van der Waals surface area contributed by atoms with Crippen LogP contribution in [0.2, 0.25) is 0 Å². The van der Waals surface area contributed by atoms with Gasteiger partial charge in [-0.2, -0.15) is 15.0 Å². The second-order valence-corrected chi connectivity index (χ2v) is 6.11. The molecule has 7 nitrogen and oxygen atoms in total. The Hall–Kier alpha value is -2.41. The molecule has 0 bridgehead atoms. The lowest BCUT2D eigenvalue weighted by Gasteiger charge is -2.20. The molecule has 0 atom stereocenters. The first-order chi connectivity index (χ1) is 12.7. The molecule has 0 spiro atoms. The highest BCUT2D eigenvalue weighted by molar-refractivity contribution is 5.44. The normalized spacial score (nSPS) is 10.6. The van der Waals surface area contributed by atoms with E-state index in [1.165, 1.54) is 0 Å². The molecule has 26 heavy (non-hydrogen) atoms. The molecule has 0 aliphatic carbocycles. The third-order valence-corrected chi connectivity index (χ3v) is 4.19. The van der Waals surface area contributed by atoms with Gasteiger partial charge < -0.3 is 21.3 Å². The van der Waals surface area contributed by atoms with E-state index in [0.717, 1.165) is 43.6 Å². The van der Waals surface area contributed by atoms with Crippen LogP contribution >= 0.6 is 0 Å². The first-order valence-electron chi connectivity index (χ1n) is 9.46. The SMILES string of the molecule is CCCCNc1nc(NCc2ccc(CN)cc2)nc(N(CC)CC)n1. The highest BCUT2D eigenvalue weighted by Gasteiger charge is 2.11. The number of nitrogens with one attached hydrogen (secondary N) is 2. The maximum atomic E-state index is 5.65. The van der Waals surface area contributed by atoms with Gasteiger partial charge in [0, 0.05) is 32.7 Å². The van der Waals surface area contributed by atoms with Crippen molar-refractivity contribution in [3.05, 3.63) is 35.4 Å². The predicted octanol–water partition coefficient (Wildman–Crippen LogP) is 3.00. The van der Waals surface area contributed by atoms with E-state index < -0.39 is 0 Å². The lowest BCUT2D eigenvalue weighted by atomic mass is 10.1. The Morgan fingerprint density at radius 3 is 2.08 bits per heavy atom. The Bertz CT molecular complexity index is 653. The number of hydrogen-bond acceptors (Lipinski definition) is 7. The van der Waals surface area contributed by atoms with E-state index >= 15 is 0 Å². The van der Waals surface area contributed by atoms with Crippen LogP contribution in [0.5, 0.6) is 0 Å². The molecule has 0 unspecified atom stereocenters. The van der Waals surface area contributed by atoms with Crippen LogP contribution in [-0.4, -0.2) is 34.6 Å². The number of anilines is 3. The highest BCUT2D eigenvalue weighted by Crippen LogP contribution is 2.15. The number of hydrogen-bond donors (Lipinski definition) is 3. The second-order valence-electron chi connectivity index (χ2n) is 6.11. The molecule has 142 valence electrons. The van der Waals surface area contributed by atoms with Crippen LogP contribution in [0, 0.1) is 0 Å². The van der Waals surface area contributed by atoms with Gasteiger partial charge in [-0.3, -0.25) is 0 Å². The molecule has 7 heteroatoms. The summed E-state index contributed by atoms with van der Waals surface area (Å²) < 4.78 is 0. The maximum absolute atomic E-state index is 5.65. The van der Waals surface area contributed by atoms with Crippen molar-refractivity contribution in [3.63, 3.8) is 0 Å². The summed E-state index contributed by atoms with van der Waals surface area (Å²) in [5, 5.41) is 6.61. The minimum atomic E-state index is 0.557. The van der Waals surface area contributed by atoms with Crippen LogP contribution in [0.15, 0.2) is 24.3 Å². The van der Waals surface area contributed by atoms with E-state index in [2.05, 4.69) is 63.4 Å². The first-order valence-corrected chi connectivity index (χ1v) is 9.46. The monoisotopic (exact) mass is 357 g/mol. The summed E-state index contributed by atoms with van der Waals surface area (Å²) in [6, 6.07) is 8.23. The molecule has 1 aromatic heterocycles. The van der Waals surface area contributed by atoms with E-state index in [1.807, 2.05) is 12.1 Å². The van der Waals surface area contributed by atoms with Gasteiger partial charge in [-0.1, -0.05) is 37.6 Å². The third kappa shape index (κ3) is 5.84. The van der Waals surface area contributed by atoms with E-state index in [-0.39, 0.29) is 0 Å². The predicted molar refractivity (Wildman–Crippen MR) is 108 cm³/mol. The van der Waals surface area contributed by atoms with Crippen molar-refractivity contribution >= 4 is 17.8 Å². The summed E-state index contributed by atoms with van der Waals surface area (Å²) in [4.78, 5) is 15.8. The molecule has 2 rings (SSSR count). The second kappa shape index (κ2) is 10.6. The molecule has 0 aliphatic heterocycles. The maximum Gasteiger partial charge on any atom is 0.231 e. The van der Waals surface area contributed by atoms with Crippen molar-refractivity contribution in [1.82, 2.24) is 15.0 Å². The summed E-state index contributed by atoms with van der Waals surface area (Å²) in [6.07, 6.45) is 2.22. The smallest absolute Gasteiger partial charge is 0.231 e. The van der Waals surface area contributed by atoms with E-state index in [0.29, 0.717) is 30.9 Å². The molecular weight excluding hydrogens is 326 g/mol. The van der Waals surface area contributed by atoms with E-state index in [4.69, 9.17) is 5.73 Å². The fourth-order valence-electron chi connectivity index (χ4n) is 2.52. The van der Waals surface area contributed by atoms with Gasteiger partial charge >= 0.3 is 0 Å². The highest BCUT2D eigenvalue weighted by atomic mass is 15.3. The number of nitrogens with zero attached hydrogens (tertiary/aromatic N) is 4. The number of rotatable bonds is 11. The Morgan fingerprint density at radius 2 is 1.50 bits per heavy atom. The van der Waals surface area contributed by atoms with E-state index in [9.17, 15) is 0 Å². The average molecular weight is 358 g/mol. The zero-order valence-electron chi connectivity index (χ0n) is 16.1. The van der Waals surface area contributed by atoms with Crippen molar-refractivity contribution in [1.29, 1.82) is 0 Å². The average Bonchev–Trinajstić information content (AvgIpc) is 2.68. The summed E-state index contributed by atoms with van der Waals surface area (Å²) >= 11 is 0. The van der Waals surface area contributed by atoms with Crippen LogP contribution < -0.4 is 21.3 Å². The number of nitrogens with two attached hydrogens (primary N) is 1. The van der Waals surface area contributed by atoms with Crippen molar-refractivity contribution < 1.29 is 0 Å². The largest absolute Gasteiger partial charge is 0.354 e. The minimum Gasteiger partial charge on any atom is -0.354 e. The molecule has 0 saturated heterocycles. The number of unbranched alkanes of at least 4 members (excludes halogenated alkanes) is 1. The van der Waals surface area contributed by atoms with Gasteiger partial charge in [0.1, 0.15) is 0 Å². The van der Waals surface area contributed by atoms with Crippen molar-refractivity contribution in [2.24, 2.45) is 5.73 Å².